The third kappa shape index (κ3) is 34.0. The van der Waals surface area contributed by atoms with Gasteiger partial charge in [0.15, 0.2) is 12.4 Å². The largest absolute Gasteiger partial charge is 0.462 e. The van der Waals surface area contributed by atoms with Gasteiger partial charge in [-0.3, -0.25) is 9.59 Å². The van der Waals surface area contributed by atoms with Crippen molar-refractivity contribution in [3.63, 3.8) is 0 Å². The third-order valence-electron chi connectivity index (χ3n) is 10.8. The number of hydrogen-bond acceptors (Lipinski definition) is 10. The Labute approximate surface area is 382 Å². The van der Waals surface area contributed by atoms with Crippen LogP contribution in [-0.2, 0) is 28.5 Å². The topological polar surface area (TPSA) is 152 Å². The van der Waals surface area contributed by atoms with Crippen molar-refractivity contribution in [3.8, 4) is 0 Å². The molecule has 1 aliphatic heterocycles. The van der Waals surface area contributed by atoms with Crippen LogP contribution in [0.2, 0.25) is 0 Å². The number of carbonyl (C=O) groups excluding carboxylic acids is 2. The summed E-state index contributed by atoms with van der Waals surface area (Å²) in [6.45, 7) is 3.18. The molecule has 10 heteroatoms. The van der Waals surface area contributed by atoms with E-state index >= 15 is 0 Å². The Bertz CT molecular complexity index is 1300. The van der Waals surface area contributed by atoms with E-state index < -0.39 is 55.4 Å². The number of aliphatic hydroxyl groups is 4. The highest BCUT2D eigenvalue weighted by molar-refractivity contribution is 5.70. The minimum Gasteiger partial charge on any atom is -0.462 e. The van der Waals surface area contributed by atoms with E-state index in [1.165, 1.54) is 44.9 Å². The lowest BCUT2D eigenvalue weighted by molar-refractivity contribution is -0.305. The van der Waals surface area contributed by atoms with E-state index in [2.05, 4.69) is 98.9 Å². The molecular formula is C53H88O10. The summed E-state index contributed by atoms with van der Waals surface area (Å²) in [5, 5.41) is 40.2. The van der Waals surface area contributed by atoms with Crippen molar-refractivity contribution < 1.29 is 49.0 Å². The number of ether oxygens (including phenoxy) is 4. The van der Waals surface area contributed by atoms with Gasteiger partial charge in [-0.05, 0) is 83.5 Å². The van der Waals surface area contributed by atoms with Crippen LogP contribution in [0.1, 0.15) is 181 Å². The lowest BCUT2D eigenvalue weighted by Gasteiger charge is -2.39. The Morgan fingerprint density at radius 2 is 0.889 bits per heavy atom. The number of esters is 2. The van der Waals surface area contributed by atoms with Crippen LogP contribution >= 0.6 is 0 Å². The lowest BCUT2D eigenvalue weighted by Crippen LogP contribution is -2.59. The Balaban J connectivity index is 2.30. The molecule has 63 heavy (non-hydrogen) atoms. The molecule has 0 aliphatic carbocycles. The number of hydrogen-bond donors (Lipinski definition) is 4. The minimum atomic E-state index is -1.60. The Morgan fingerprint density at radius 3 is 1.33 bits per heavy atom. The molecule has 0 saturated carbocycles. The van der Waals surface area contributed by atoms with E-state index in [9.17, 15) is 30.0 Å². The minimum absolute atomic E-state index is 0.213. The van der Waals surface area contributed by atoms with E-state index in [1.807, 2.05) is 0 Å². The van der Waals surface area contributed by atoms with E-state index in [1.54, 1.807) is 0 Å². The first-order valence-electron chi connectivity index (χ1n) is 24.7. The maximum atomic E-state index is 12.8. The fourth-order valence-electron chi connectivity index (χ4n) is 6.96. The second-order valence-electron chi connectivity index (χ2n) is 16.5. The van der Waals surface area contributed by atoms with Crippen LogP contribution in [0.4, 0.5) is 0 Å². The first-order valence-corrected chi connectivity index (χ1v) is 24.7. The van der Waals surface area contributed by atoms with Crippen molar-refractivity contribution in [2.45, 2.75) is 218 Å². The van der Waals surface area contributed by atoms with Gasteiger partial charge in [-0.15, -0.1) is 0 Å². The number of unbranched alkanes of at least 4 members (excludes halogenated alkanes) is 15. The van der Waals surface area contributed by atoms with Crippen LogP contribution in [0.15, 0.2) is 85.1 Å². The molecule has 0 aromatic carbocycles. The molecule has 1 fully saturated rings. The molecule has 1 saturated heterocycles. The monoisotopic (exact) mass is 885 g/mol. The highest BCUT2D eigenvalue weighted by atomic mass is 16.7. The molecule has 10 nitrogen and oxygen atoms in total. The van der Waals surface area contributed by atoms with Gasteiger partial charge in [0.25, 0.3) is 0 Å². The molecule has 0 aromatic rings. The summed E-state index contributed by atoms with van der Waals surface area (Å²) in [5.41, 5.74) is 0. The number of allylic oxidation sites excluding steroid dienone is 14. The summed E-state index contributed by atoms with van der Waals surface area (Å²) in [5.74, 6) is -0.832. The highest BCUT2D eigenvalue weighted by Gasteiger charge is 2.44. The van der Waals surface area contributed by atoms with Crippen molar-refractivity contribution in [2.24, 2.45) is 0 Å². The number of rotatable bonds is 40. The Kier molecular flexibility index (Phi) is 39.3. The maximum absolute atomic E-state index is 12.8. The first-order chi connectivity index (χ1) is 30.8. The number of aliphatic hydroxyl groups excluding tert-OH is 4. The van der Waals surface area contributed by atoms with Crippen LogP contribution in [0.25, 0.3) is 0 Å². The lowest BCUT2D eigenvalue weighted by atomic mass is 9.99. The molecule has 1 aliphatic rings. The normalized spacial score (nSPS) is 20.3. The van der Waals surface area contributed by atoms with E-state index in [0.717, 1.165) is 96.3 Å². The Hall–Kier alpha value is -3.12. The molecule has 0 amide bonds. The fraction of sp³-hybridized carbons (Fsp3) is 0.698. The molecule has 0 aromatic heterocycles. The van der Waals surface area contributed by atoms with E-state index in [4.69, 9.17) is 18.9 Å². The van der Waals surface area contributed by atoms with Gasteiger partial charge in [-0.25, -0.2) is 0 Å². The molecule has 6 atom stereocenters. The van der Waals surface area contributed by atoms with Gasteiger partial charge in [0.2, 0.25) is 0 Å². The first kappa shape index (κ1) is 57.9. The molecule has 4 N–H and O–H groups in total. The molecule has 1 heterocycles. The predicted octanol–water partition coefficient (Wildman–Crippen LogP) is 11.3. The predicted molar refractivity (Wildman–Crippen MR) is 256 cm³/mol. The second kappa shape index (κ2) is 42.8. The van der Waals surface area contributed by atoms with Crippen LogP contribution < -0.4 is 0 Å². The van der Waals surface area contributed by atoms with Crippen molar-refractivity contribution in [1.82, 2.24) is 0 Å². The van der Waals surface area contributed by atoms with Crippen LogP contribution in [0.5, 0.6) is 0 Å². The molecule has 6 unspecified atom stereocenters. The van der Waals surface area contributed by atoms with Gasteiger partial charge >= 0.3 is 11.9 Å². The van der Waals surface area contributed by atoms with Crippen molar-refractivity contribution in [1.29, 1.82) is 0 Å². The standard InChI is InChI=1S/C53H88O10/c1-3-5-7-9-11-13-15-17-19-21-22-23-24-26-28-30-32-34-36-38-40-42-49(56)62-46(45-61-53-52(59)51(58)50(57)47(43-54)63-53)44-60-48(55)41-39-37-35-33-31-29-27-25-20-18-16-14-12-10-8-6-4-2/h5-8,11-14,17-20,22-23,46-47,50-54,57-59H,3-4,9-10,15-16,21,24-45H2,1-2H3/b7-5-,8-6-,13-11-,14-12-,19-17-,20-18-,23-22-. The van der Waals surface area contributed by atoms with Crippen LogP contribution in [-0.4, -0.2) is 89.0 Å². The molecule has 360 valence electrons. The second-order valence-corrected chi connectivity index (χ2v) is 16.5. The van der Waals surface area contributed by atoms with Crippen LogP contribution in [0, 0.1) is 0 Å². The van der Waals surface area contributed by atoms with Gasteiger partial charge in [-0.1, -0.05) is 170 Å². The summed E-state index contributed by atoms with van der Waals surface area (Å²) < 4.78 is 22.2. The quantitative estimate of drug-likeness (QED) is 0.0266. The van der Waals surface area contributed by atoms with Gasteiger partial charge in [-0.2, -0.15) is 0 Å². The molecule has 0 radical (unpaired) electrons. The smallest absolute Gasteiger partial charge is 0.306 e. The average Bonchev–Trinajstić information content (AvgIpc) is 3.28. The van der Waals surface area contributed by atoms with Gasteiger partial charge in [0.05, 0.1) is 13.2 Å². The van der Waals surface area contributed by atoms with Crippen molar-refractivity contribution in [2.75, 3.05) is 19.8 Å². The summed E-state index contributed by atoms with van der Waals surface area (Å²) in [6.07, 6.45) is 48.7. The third-order valence-corrected chi connectivity index (χ3v) is 10.8. The molecule has 0 bridgehead atoms. The molecule has 1 rings (SSSR count). The van der Waals surface area contributed by atoms with Crippen LogP contribution in [0.3, 0.4) is 0 Å². The van der Waals surface area contributed by atoms with E-state index in [-0.39, 0.29) is 26.1 Å². The van der Waals surface area contributed by atoms with Gasteiger partial charge in [0, 0.05) is 12.8 Å². The van der Waals surface area contributed by atoms with Gasteiger partial charge < -0.3 is 39.4 Å². The van der Waals surface area contributed by atoms with Gasteiger partial charge in [0.1, 0.15) is 31.0 Å². The zero-order chi connectivity index (χ0) is 45.9. The SMILES string of the molecule is CC/C=C\C/C=C\C/C=C\C/C=C\CCCCCCCCCCC(=O)OC(COC(=O)CCCCCCCCC/C=C\C/C=C\C/C=C\CC)COC1OC(CO)C(O)C(O)C1O. The summed E-state index contributed by atoms with van der Waals surface area (Å²) in [4.78, 5) is 25.4. The summed E-state index contributed by atoms with van der Waals surface area (Å²) in [7, 11) is 0. The number of carbonyl (C=O) groups is 2. The summed E-state index contributed by atoms with van der Waals surface area (Å²) >= 11 is 0. The highest BCUT2D eigenvalue weighted by Crippen LogP contribution is 2.23. The molecule has 0 spiro atoms. The summed E-state index contributed by atoms with van der Waals surface area (Å²) in [6, 6.07) is 0. The fourth-order valence-corrected chi connectivity index (χ4v) is 6.96. The zero-order valence-corrected chi connectivity index (χ0v) is 39.3. The Morgan fingerprint density at radius 1 is 0.492 bits per heavy atom. The zero-order valence-electron chi connectivity index (χ0n) is 39.3. The van der Waals surface area contributed by atoms with Crippen molar-refractivity contribution >= 4 is 11.9 Å². The van der Waals surface area contributed by atoms with Crippen molar-refractivity contribution in [3.05, 3.63) is 85.1 Å². The maximum Gasteiger partial charge on any atom is 0.306 e. The van der Waals surface area contributed by atoms with E-state index in [0.29, 0.717) is 12.8 Å². The average molecular weight is 885 g/mol. The molecular weight excluding hydrogens is 797 g/mol.